The quantitative estimate of drug-likeness (QED) is 0.329. The van der Waals surface area contributed by atoms with Crippen LogP contribution in [-0.2, 0) is 19.4 Å². The summed E-state index contributed by atoms with van der Waals surface area (Å²) in [7, 11) is 0. The molecule has 0 bridgehead atoms. The van der Waals surface area contributed by atoms with Gasteiger partial charge in [0.2, 0.25) is 0 Å². The summed E-state index contributed by atoms with van der Waals surface area (Å²) in [6, 6.07) is 0. The molecule has 0 radical (unpaired) electrons. The molecule has 0 heterocycles. The predicted molar refractivity (Wildman–Crippen MR) is 64.8 cm³/mol. The number of carboxylic acid groups (broad SMARTS) is 2. The Morgan fingerprint density at radius 1 is 0.750 bits per heavy atom. The van der Waals surface area contributed by atoms with Crippen molar-refractivity contribution >= 4 is 11.9 Å². The SMILES string of the molecule is CCCC(F)(OOC(F)(CCC)C(F)(F)C(=O)O)C(F)(F)C(=O)O. The highest BCUT2D eigenvalue weighted by molar-refractivity contribution is 5.77. The van der Waals surface area contributed by atoms with Gasteiger partial charge in [-0.25, -0.2) is 18.4 Å². The Bertz CT molecular complexity index is 431. The first-order valence-electron chi connectivity index (χ1n) is 6.69. The van der Waals surface area contributed by atoms with Crippen LogP contribution >= 0.6 is 0 Å². The van der Waals surface area contributed by atoms with Crippen molar-refractivity contribution in [1.29, 1.82) is 0 Å². The summed E-state index contributed by atoms with van der Waals surface area (Å²) in [6.07, 6.45) is -3.61. The summed E-state index contributed by atoms with van der Waals surface area (Å²) < 4.78 is 81.9. The fraction of sp³-hybridized carbons (Fsp3) is 0.833. The van der Waals surface area contributed by atoms with Gasteiger partial charge >= 0.3 is 35.5 Å². The third kappa shape index (κ3) is 4.09. The smallest absolute Gasteiger partial charge is 0.402 e. The molecule has 0 rings (SSSR count). The third-order valence-electron chi connectivity index (χ3n) is 2.92. The Kier molecular flexibility index (Phi) is 7.06. The molecular formula is C12H16F6O6. The minimum absolute atomic E-state index is 0.453. The van der Waals surface area contributed by atoms with Crippen molar-refractivity contribution in [2.75, 3.05) is 0 Å². The molecular weight excluding hydrogens is 354 g/mol. The van der Waals surface area contributed by atoms with Crippen LogP contribution in [0.2, 0.25) is 0 Å². The van der Waals surface area contributed by atoms with Crippen LogP contribution in [-0.4, -0.2) is 45.7 Å². The molecule has 0 saturated heterocycles. The predicted octanol–water partition coefficient (Wildman–Crippen LogP) is 3.31. The first-order chi connectivity index (χ1) is 10.7. The summed E-state index contributed by atoms with van der Waals surface area (Å²) in [5, 5.41) is 16.6. The maximum absolute atomic E-state index is 14.1. The highest BCUT2D eigenvalue weighted by Gasteiger charge is 2.67. The molecule has 2 unspecified atom stereocenters. The van der Waals surface area contributed by atoms with Gasteiger partial charge in [0.1, 0.15) is 0 Å². The van der Waals surface area contributed by atoms with Gasteiger partial charge in [-0.3, -0.25) is 0 Å². The van der Waals surface area contributed by atoms with Gasteiger partial charge in [-0.2, -0.15) is 27.3 Å². The fourth-order valence-corrected chi connectivity index (χ4v) is 1.60. The van der Waals surface area contributed by atoms with E-state index < -0.39 is 61.2 Å². The molecule has 0 amide bonds. The molecule has 2 N–H and O–H groups in total. The number of rotatable bonds is 11. The second kappa shape index (κ2) is 7.55. The molecule has 12 heteroatoms. The Morgan fingerprint density at radius 3 is 1.17 bits per heavy atom. The molecule has 0 aromatic carbocycles. The molecule has 0 aliphatic carbocycles. The van der Waals surface area contributed by atoms with Crippen LogP contribution in [0.4, 0.5) is 26.3 Å². The van der Waals surface area contributed by atoms with Crippen molar-refractivity contribution in [1.82, 2.24) is 0 Å². The average Bonchev–Trinajstić information content (AvgIpc) is 2.45. The van der Waals surface area contributed by atoms with Crippen LogP contribution in [0, 0.1) is 0 Å². The molecule has 2 atom stereocenters. The molecule has 24 heavy (non-hydrogen) atoms. The normalized spacial score (nSPS) is 17.8. The topological polar surface area (TPSA) is 93.1 Å². The van der Waals surface area contributed by atoms with Crippen LogP contribution in [0.1, 0.15) is 39.5 Å². The number of carboxylic acids is 2. The standard InChI is InChI=1S/C12H16F6O6/c1-3-5-9(13,11(15,16)7(19)20)23-24-10(14,6-4-2)12(17,18)8(21)22/h3-6H2,1-2H3,(H,19,20)(H,21,22). The number of aliphatic carboxylic acids is 2. The maximum Gasteiger partial charge on any atom is 0.402 e. The molecule has 0 aromatic rings. The summed E-state index contributed by atoms with van der Waals surface area (Å²) >= 11 is 0. The van der Waals surface area contributed by atoms with E-state index in [0.29, 0.717) is 0 Å². The zero-order valence-corrected chi connectivity index (χ0v) is 12.6. The van der Waals surface area contributed by atoms with E-state index in [0.717, 1.165) is 13.8 Å². The number of hydrogen-bond donors (Lipinski definition) is 2. The van der Waals surface area contributed by atoms with E-state index in [4.69, 9.17) is 10.2 Å². The van der Waals surface area contributed by atoms with Crippen LogP contribution in [0.3, 0.4) is 0 Å². The Morgan fingerprint density at radius 2 is 1.00 bits per heavy atom. The lowest BCUT2D eigenvalue weighted by atomic mass is 10.0. The van der Waals surface area contributed by atoms with E-state index >= 15 is 0 Å². The molecule has 0 aliphatic rings. The zero-order valence-electron chi connectivity index (χ0n) is 12.6. The van der Waals surface area contributed by atoms with Crippen molar-refractivity contribution in [3.8, 4) is 0 Å². The molecule has 0 fully saturated rings. The van der Waals surface area contributed by atoms with E-state index in [1.807, 2.05) is 0 Å². The highest BCUT2D eigenvalue weighted by atomic mass is 19.3. The molecule has 0 aromatic heterocycles. The monoisotopic (exact) mass is 370 g/mol. The lowest BCUT2D eigenvalue weighted by Crippen LogP contribution is -2.57. The van der Waals surface area contributed by atoms with Gasteiger partial charge < -0.3 is 10.2 Å². The Hall–Kier alpha value is -1.56. The summed E-state index contributed by atoms with van der Waals surface area (Å²) in [5.41, 5.74) is 0. The van der Waals surface area contributed by atoms with E-state index in [2.05, 4.69) is 9.78 Å². The average molecular weight is 370 g/mol. The van der Waals surface area contributed by atoms with E-state index in [1.165, 1.54) is 0 Å². The molecule has 142 valence electrons. The number of alkyl halides is 6. The van der Waals surface area contributed by atoms with Gasteiger partial charge in [-0.15, -0.1) is 0 Å². The van der Waals surface area contributed by atoms with Crippen LogP contribution in [0.25, 0.3) is 0 Å². The van der Waals surface area contributed by atoms with Crippen LogP contribution < -0.4 is 0 Å². The Labute approximate surface area is 132 Å². The minimum Gasteiger partial charge on any atom is -0.477 e. The summed E-state index contributed by atoms with van der Waals surface area (Å²) in [5.74, 6) is -25.5. The van der Waals surface area contributed by atoms with E-state index in [1.54, 1.807) is 0 Å². The molecule has 0 saturated carbocycles. The first-order valence-corrected chi connectivity index (χ1v) is 6.69. The van der Waals surface area contributed by atoms with Gasteiger partial charge in [0.25, 0.3) is 0 Å². The van der Waals surface area contributed by atoms with Crippen LogP contribution in [0.15, 0.2) is 0 Å². The highest BCUT2D eigenvalue weighted by Crippen LogP contribution is 2.43. The lowest BCUT2D eigenvalue weighted by molar-refractivity contribution is -0.511. The van der Waals surface area contributed by atoms with Gasteiger partial charge in [-0.05, 0) is 0 Å². The van der Waals surface area contributed by atoms with Gasteiger partial charge in [0.05, 0.1) is 0 Å². The Balaban J connectivity index is 5.66. The summed E-state index contributed by atoms with van der Waals surface area (Å²) in [6.45, 7) is 2.24. The van der Waals surface area contributed by atoms with Gasteiger partial charge in [0, 0.05) is 12.8 Å². The second-order valence-electron chi connectivity index (χ2n) is 4.88. The molecule has 0 spiro atoms. The fourth-order valence-electron chi connectivity index (χ4n) is 1.60. The molecule has 0 aliphatic heterocycles. The number of hydrogen-bond acceptors (Lipinski definition) is 4. The second-order valence-corrected chi connectivity index (χ2v) is 4.88. The van der Waals surface area contributed by atoms with Crippen molar-refractivity contribution < 1.29 is 55.9 Å². The molecule has 6 nitrogen and oxygen atoms in total. The van der Waals surface area contributed by atoms with Crippen LogP contribution in [0.5, 0.6) is 0 Å². The van der Waals surface area contributed by atoms with E-state index in [9.17, 15) is 35.9 Å². The minimum atomic E-state index is -5.27. The van der Waals surface area contributed by atoms with Gasteiger partial charge in [-0.1, -0.05) is 26.7 Å². The van der Waals surface area contributed by atoms with E-state index in [-0.39, 0.29) is 0 Å². The first kappa shape index (κ1) is 22.4. The zero-order chi connectivity index (χ0) is 19.4. The van der Waals surface area contributed by atoms with Crippen molar-refractivity contribution in [3.63, 3.8) is 0 Å². The maximum atomic E-state index is 14.1. The van der Waals surface area contributed by atoms with Crippen molar-refractivity contribution in [2.45, 2.75) is 63.1 Å². The summed E-state index contributed by atoms with van der Waals surface area (Å²) in [4.78, 5) is 27.7. The van der Waals surface area contributed by atoms with Crippen molar-refractivity contribution in [2.24, 2.45) is 0 Å². The van der Waals surface area contributed by atoms with Gasteiger partial charge in [0.15, 0.2) is 0 Å². The number of halogens is 6. The number of carbonyl (C=O) groups is 2. The largest absolute Gasteiger partial charge is 0.477 e. The third-order valence-corrected chi connectivity index (χ3v) is 2.92. The lowest BCUT2D eigenvalue weighted by Gasteiger charge is -2.34. The van der Waals surface area contributed by atoms with Crippen molar-refractivity contribution in [3.05, 3.63) is 0 Å².